The van der Waals surface area contributed by atoms with Gasteiger partial charge in [-0.3, -0.25) is 10.6 Å². The topological polar surface area (TPSA) is 67.2 Å². The maximum Gasteiger partial charge on any atom is 0.257 e. The first-order valence-electron chi connectivity index (χ1n) is 6.06. The van der Waals surface area contributed by atoms with Crippen molar-refractivity contribution in [2.24, 2.45) is 5.84 Å². The Bertz CT molecular complexity index is 608. The minimum absolute atomic E-state index is 0.180. The van der Waals surface area contributed by atoms with Crippen LogP contribution in [0.2, 0.25) is 0 Å². The zero-order valence-corrected chi connectivity index (χ0v) is 11.0. The van der Waals surface area contributed by atoms with Gasteiger partial charge < -0.3 is 10.7 Å². The third kappa shape index (κ3) is 2.92. The van der Waals surface area contributed by atoms with Crippen molar-refractivity contribution in [2.75, 3.05) is 10.7 Å². The molecule has 19 heavy (non-hydrogen) atoms. The zero-order valence-electron chi connectivity index (χ0n) is 11.0. The van der Waals surface area contributed by atoms with Gasteiger partial charge in [-0.15, -0.1) is 0 Å². The number of nitrogen functional groups attached to an aromatic ring is 1. The van der Waals surface area contributed by atoms with E-state index in [2.05, 4.69) is 10.7 Å². The van der Waals surface area contributed by atoms with Gasteiger partial charge in [0.25, 0.3) is 5.91 Å². The fourth-order valence-corrected chi connectivity index (χ4v) is 1.95. The largest absolute Gasteiger partial charge is 0.323 e. The van der Waals surface area contributed by atoms with Crippen molar-refractivity contribution in [3.63, 3.8) is 0 Å². The smallest absolute Gasteiger partial charge is 0.257 e. The number of benzene rings is 2. The average Bonchev–Trinajstić information content (AvgIpc) is 2.41. The first-order valence-corrected chi connectivity index (χ1v) is 6.06. The van der Waals surface area contributed by atoms with Crippen LogP contribution in [0.15, 0.2) is 42.5 Å². The second-order valence-electron chi connectivity index (χ2n) is 4.46. The summed E-state index contributed by atoms with van der Waals surface area (Å²) >= 11 is 0. The van der Waals surface area contributed by atoms with Crippen molar-refractivity contribution in [3.05, 3.63) is 59.2 Å². The summed E-state index contributed by atoms with van der Waals surface area (Å²) in [5.41, 5.74) is 6.65. The summed E-state index contributed by atoms with van der Waals surface area (Å²) in [6.07, 6.45) is 0. The molecule has 2 aromatic rings. The minimum Gasteiger partial charge on any atom is -0.323 e. The van der Waals surface area contributed by atoms with Crippen LogP contribution in [0.25, 0.3) is 0 Å². The Kier molecular flexibility index (Phi) is 3.82. The molecule has 0 heterocycles. The third-order valence-electron chi connectivity index (χ3n) is 2.96. The molecule has 0 aliphatic heterocycles. The van der Waals surface area contributed by atoms with Crippen LogP contribution in [0.5, 0.6) is 0 Å². The molecule has 4 heteroatoms. The number of nitrogens with two attached hydrogens (primary N) is 1. The highest BCUT2D eigenvalue weighted by Gasteiger charge is 2.11. The molecule has 2 aromatic carbocycles. The summed E-state index contributed by atoms with van der Waals surface area (Å²) in [4.78, 5) is 12.2. The number of anilines is 2. The molecule has 4 N–H and O–H groups in total. The van der Waals surface area contributed by atoms with E-state index in [1.54, 1.807) is 18.2 Å². The number of rotatable bonds is 3. The summed E-state index contributed by atoms with van der Waals surface area (Å²) in [6, 6.07) is 13.0. The van der Waals surface area contributed by atoms with Crippen molar-refractivity contribution in [2.45, 2.75) is 13.8 Å². The second kappa shape index (κ2) is 5.54. The van der Waals surface area contributed by atoms with E-state index in [9.17, 15) is 4.79 Å². The lowest BCUT2D eigenvalue weighted by molar-refractivity contribution is 0.102. The Morgan fingerprint density at radius 2 is 1.79 bits per heavy atom. The van der Waals surface area contributed by atoms with E-state index >= 15 is 0 Å². The van der Waals surface area contributed by atoms with Crippen LogP contribution in [-0.4, -0.2) is 5.91 Å². The number of hydrazine groups is 1. The first-order chi connectivity index (χ1) is 9.11. The number of carbonyl (C=O) groups is 1. The maximum atomic E-state index is 12.2. The Morgan fingerprint density at radius 3 is 2.47 bits per heavy atom. The van der Waals surface area contributed by atoms with Gasteiger partial charge in [0.2, 0.25) is 0 Å². The number of hydrogen-bond donors (Lipinski definition) is 3. The molecule has 0 saturated heterocycles. The van der Waals surface area contributed by atoms with Gasteiger partial charge in [-0.2, -0.15) is 0 Å². The molecule has 0 radical (unpaired) electrons. The van der Waals surface area contributed by atoms with Gasteiger partial charge in [-0.25, -0.2) is 0 Å². The summed E-state index contributed by atoms with van der Waals surface area (Å²) in [7, 11) is 0. The maximum absolute atomic E-state index is 12.2. The summed E-state index contributed by atoms with van der Waals surface area (Å²) in [5, 5.41) is 2.89. The van der Waals surface area contributed by atoms with Gasteiger partial charge in [0, 0.05) is 5.69 Å². The van der Waals surface area contributed by atoms with E-state index in [4.69, 9.17) is 5.84 Å². The third-order valence-corrected chi connectivity index (χ3v) is 2.96. The summed E-state index contributed by atoms with van der Waals surface area (Å²) in [6.45, 7) is 3.99. The molecule has 4 nitrogen and oxygen atoms in total. The van der Waals surface area contributed by atoms with Crippen LogP contribution in [0.1, 0.15) is 21.5 Å². The molecule has 1 amide bonds. The lowest BCUT2D eigenvalue weighted by atomic mass is 10.1. The number of aryl methyl sites for hydroxylation is 2. The monoisotopic (exact) mass is 255 g/mol. The van der Waals surface area contributed by atoms with Gasteiger partial charge in [-0.05, 0) is 37.6 Å². The lowest BCUT2D eigenvalue weighted by Crippen LogP contribution is -2.17. The highest BCUT2D eigenvalue weighted by Crippen LogP contribution is 2.19. The molecule has 2 rings (SSSR count). The fraction of sp³-hybridized carbons (Fsp3) is 0.133. The highest BCUT2D eigenvalue weighted by molar-refractivity contribution is 6.08. The number of nitrogens with one attached hydrogen (secondary N) is 2. The van der Waals surface area contributed by atoms with Gasteiger partial charge in [0.1, 0.15) is 0 Å². The van der Waals surface area contributed by atoms with Gasteiger partial charge in [0.15, 0.2) is 0 Å². The Balaban J connectivity index is 2.26. The molecular formula is C15H17N3O. The number of para-hydroxylation sites is 1. The zero-order chi connectivity index (χ0) is 13.8. The summed E-state index contributed by atoms with van der Waals surface area (Å²) in [5.74, 6) is 5.22. The van der Waals surface area contributed by atoms with Crippen molar-refractivity contribution in [1.29, 1.82) is 0 Å². The SMILES string of the molecule is Cc1ccc(NC(=O)c2ccccc2NN)c(C)c1. The van der Waals surface area contributed by atoms with E-state index in [-0.39, 0.29) is 5.91 Å². The van der Waals surface area contributed by atoms with Crippen LogP contribution in [0.4, 0.5) is 11.4 Å². The normalized spacial score (nSPS) is 10.1. The van der Waals surface area contributed by atoms with Crippen molar-refractivity contribution in [1.82, 2.24) is 0 Å². The van der Waals surface area contributed by atoms with Crippen LogP contribution in [0.3, 0.4) is 0 Å². The molecule has 0 atom stereocenters. The molecule has 0 spiro atoms. The van der Waals surface area contributed by atoms with Crippen molar-refractivity contribution >= 4 is 17.3 Å². The van der Waals surface area contributed by atoms with E-state index in [1.807, 2.05) is 38.1 Å². The van der Waals surface area contributed by atoms with Gasteiger partial charge in [0.05, 0.1) is 11.3 Å². The van der Waals surface area contributed by atoms with Crippen LogP contribution < -0.4 is 16.6 Å². The van der Waals surface area contributed by atoms with E-state index in [1.165, 1.54) is 5.56 Å². The quantitative estimate of drug-likeness (QED) is 0.583. The van der Waals surface area contributed by atoms with E-state index < -0.39 is 0 Å². The Hall–Kier alpha value is -2.33. The predicted molar refractivity (Wildman–Crippen MR) is 78.1 cm³/mol. The molecule has 0 unspecified atom stereocenters. The molecule has 0 bridgehead atoms. The van der Waals surface area contributed by atoms with Crippen molar-refractivity contribution in [3.8, 4) is 0 Å². The molecule has 0 aliphatic rings. The Morgan fingerprint density at radius 1 is 1.05 bits per heavy atom. The molecule has 0 aliphatic carbocycles. The van der Waals surface area contributed by atoms with Gasteiger partial charge >= 0.3 is 0 Å². The number of hydrogen-bond acceptors (Lipinski definition) is 3. The molecule has 0 aromatic heterocycles. The molecular weight excluding hydrogens is 238 g/mol. The Labute approximate surface area is 112 Å². The highest BCUT2D eigenvalue weighted by atomic mass is 16.1. The summed E-state index contributed by atoms with van der Waals surface area (Å²) < 4.78 is 0. The number of carbonyl (C=O) groups excluding carboxylic acids is 1. The van der Waals surface area contributed by atoms with Crippen LogP contribution in [-0.2, 0) is 0 Å². The first kappa shape index (κ1) is 13.1. The second-order valence-corrected chi connectivity index (χ2v) is 4.46. The van der Waals surface area contributed by atoms with E-state index in [0.29, 0.717) is 11.3 Å². The molecule has 98 valence electrons. The molecule has 0 saturated carbocycles. The number of amides is 1. The average molecular weight is 255 g/mol. The lowest BCUT2D eigenvalue weighted by Gasteiger charge is -2.11. The standard InChI is InChI=1S/C15H17N3O/c1-10-7-8-13(11(2)9-10)17-15(19)12-5-3-4-6-14(12)18-16/h3-9,18H,16H2,1-2H3,(H,17,19). The van der Waals surface area contributed by atoms with Crippen molar-refractivity contribution < 1.29 is 4.79 Å². The van der Waals surface area contributed by atoms with Gasteiger partial charge in [-0.1, -0.05) is 29.8 Å². The minimum atomic E-state index is -0.180. The molecule has 0 fully saturated rings. The van der Waals surface area contributed by atoms with Crippen LogP contribution in [0, 0.1) is 13.8 Å². The fourth-order valence-electron chi connectivity index (χ4n) is 1.95. The predicted octanol–water partition coefficient (Wildman–Crippen LogP) is 2.84. The van der Waals surface area contributed by atoms with E-state index in [0.717, 1.165) is 11.3 Å². The van der Waals surface area contributed by atoms with Crippen LogP contribution >= 0.6 is 0 Å².